The lowest BCUT2D eigenvalue weighted by Gasteiger charge is -2.31. The number of nitrogens with zero attached hydrogens (tertiary/aromatic N) is 1. The van der Waals surface area contributed by atoms with Crippen LogP contribution < -0.4 is 19.1 Å². The average molecular weight is 369 g/mol. The van der Waals surface area contributed by atoms with Crippen LogP contribution in [0.4, 0.5) is 11.4 Å². The smallest absolute Gasteiger partial charge is 0.264 e. The molecule has 2 heterocycles. The maximum atomic E-state index is 13.0. The number of ether oxygens (including phenoxy) is 2. The number of para-hydroxylation sites is 2. The largest absolute Gasteiger partial charge is 0.486 e. The second-order valence-corrected chi connectivity index (χ2v) is 7.19. The summed E-state index contributed by atoms with van der Waals surface area (Å²) in [4.78, 5) is 0.207. The summed E-state index contributed by atoms with van der Waals surface area (Å²) in [6.45, 7) is 1.85. The van der Waals surface area contributed by atoms with Crippen LogP contribution >= 0.6 is 12.4 Å². The van der Waals surface area contributed by atoms with E-state index in [1.165, 1.54) is 10.4 Å². The third kappa shape index (κ3) is 2.74. The van der Waals surface area contributed by atoms with Crippen molar-refractivity contribution in [2.75, 3.05) is 35.9 Å². The number of fused-ring (bicyclic) bond motifs is 2. The fourth-order valence-corrected chi connectivity index (χ4v) is 4.31. The predicted octanol–water partition coefficient (Wildman–Crippen LogP) is 2.50. The molecule has 0 unspecified atom stereocenters. The molecular weight excluding hydrogens is 352 g/mol. The fraction of sp³-hybridized carbons (Fsp3) is 0.250. The molecule has 0 spiro atoms. The first-order valence-electron chi connectivity index (χ1n) is 7.41. The van der Waals surface area contributed by atoms with E-state index < -0.39 is 10.0 Å². The number of hydrogen-bond donors (Lipinski definition) is 1. The summed E-state index contributed by atoms with van der Waals surface area (Å²) in [7, 11) is -3.65. The van der Waals surface area contributed by atoms with Crippen LogP contribution in [-0.2, 0) is 10.0 Å². The van der Waals surface area contributed by atoms with Gasteiger partial charge in [-0.15, -0.1) is 12.4 Å². The third-order valence-corrected chi connectivity index (χ3v) is 5.71. The fourth-order valence-electron chi connectivity index (χ4n) is 2.81. The van der Waals surface area contributed by atoms with E-state index in [0.29, 0.717) is 43.5 Å². The maximum Gasteiger partial charge on any atom is 0.264 e. The Morgan fingerprint density at radius 2 is 1.75 bits per heavy atom. The van der Waals surface area contributed by atoms with Gasteiger partial charge in [0.25, 0.3) is 10.0 Å². The Balaban J connectivity index is 0.00000169. The van der Waals surface area contributed by atoms with Crippen LogP contribution in [0.1, 0.15) is 0 Å². The van der Waals surface area contributed by atoms with Crippen LogP contribution in [0.15, 0.2) is 47.4 Å². The summed E-state index contributed by atoms with van der Waals surface area (Å²) in [5, 5.41) is 3.22. The standard InChI is InChI=1S/C16H16N2O4S.ClH/c19-23(20,12-5-6-15-16(11-12)22-10-9-21-15)18-8-7-17-13-3-1-2-4-14(13)18;/h1-6,11,17H,7-10H2;1H. The summed E-state index contributed by atoms with van der Waals surface area (Å²) in [6.07, 6.45) is 0. The van der Waals surface area contributed by atoms with Gasteiger partial charge in [-0.1, -0.05) is 12.1 Å². The van der Waals surface area contributed by atoms with Crippen LogP contribution in [0.3, 0.4) is 0 Å². The molecule has 0 saturated carbocycles. The molecule has 0 aromatic heterocycles. The molecule has 0 amide bonds. The minimum absolute atomic E-state index is 0. The zero-order chi connectivity index (χ0) is 15.9. The zero-order valence-electron chi connectivity index (χ0n) is 12.8. The first-order chi connectivity index (χ1) is 11.2. The molecule has 0 fully saturated rings. The third-order valence-electron chi connectivity index (χ3n) is 3.90. The van der Waals surface area contributed by atoms with E-state index in [-0.39, 0.29) is 17.3 Å². The predicted molar refractivity (Wildman–Crippen MR) is 94.1 cm³/mol. The van der Waals surface area contributed by atoms with E-state index >= 15 is 0 Å². The Morgan fingerprint density at radius 3 is 2.58 bits per heavy atom. The first kappa shape index (κ1) is 16.7. The lowest BCUT2D eigenvalue weighted by molar-refractivity contribution is 0.171. The highest BCUT2D eigenvalue weighted by molar-refractivity contribution is 7.92. The van der Waals surface area contributed by atoms with Gasteiger partial charge in [-0.25, -0.2) is 8.42 Å². The van der Waals surface area contributed by atoms with Crippen LogP contribution in [0.5, 0.6) is 11.5 Å². The molecule has 2 aromatic rings. The average Bonchev–Trinajstić information content (AvgIpc) is 2.60. The van der Waals surface area contributed by atoms with Gasteiger partial charge in [0.2, 0.25) is 0 Å². The second kappa shape index (κ2) is 6.41. The Morgan fingerprint density at radius 1 is 1.00 bits per heavy atom. The van der Waals surface area contributed by atoms with Gasteiger partial charge in [-0.2, -0.15) is 0 Å². The van der Waals surface area contributed by atoms with Gasteiger partial charge in [0.1, 0.15) is 13.2 Å². The Hall–Kier alpha value is -2.12. The van der Waals surface area contributed by atoms with Crippen molar-refractivity contribution in [3.8, 4) is 11.5 Å². The first-order valence-corrected chi connectivity index (χ1v) is 8.85. The summed E-state index contributed by atoms with van der Waals surface area (Å²) in [5.41, 5.74) is 1.48. The molecule has 0 aliphatic carbocycles. The van der Waals surface area contributed by atoms with Gasteiger partial charge in [0.05, 0.1) is 22.8 Å². The molecule has 2 aliphatic heterocycles. The lowest BCUT2D eigenvalue weighted by Crippen LogP contribution is -2.38. The molecule has 8 heteroatoms. The number of nitrogens with one attached hydrogen (secondary N) is 1. The Kier molecular flexibility index (Phi) is 4.47. The monoisotopic (exact) mass is 368 g/mol. The minimum atomic E-state index is -3.65. The summed E-state index contributed by atoms with van der Waals surface area (Å²) in [6, 6.07) is 12.1. The SMILES string of the molecule is Cl.O=S(=O)(c1ccc2c(c1)OCCO2)N1CCNc2ccccc21. The minimum Gasteiger partial charge on any atom is -0.486 e. The number of rotatable bonds is 2. The van der Waals surface area contributed by atoms with Gasteiger partial charge < -0.3 is 14.8 Å². The quantitative estimate of drug-likeness (QED) is 0.882. The molecule has 0 bridgehead atoms. The number of sulfonamides is 1. The molecule has 0 atom stereocenters. The van der Waals surface area contributed by atoms with Crippen LogP contribution in [-0.4, -0.2) is 34.7 Å². The summed E-state index contributed by atoms with van der Waals surface area (Å²) in [5.74, 6) is 1.05. The zero-order valence-corrected chi connectivity index (χ0v) is 14.4. The van der Waals surface area contributed by atoms with Gasteiger partial charge in [0.15, 0.2) is 11.5 Å². The summed E-state index contributed by atoms with van der Waals surface area (Å²) < 4.78 is 38.5. The van der Waals surface area contributed by atoms with Crippen LogP contribution in [0.2, 0.25) is 0 Å². The van der Waals surface area contributed by atoms with E-state index in [4.69, 9.17) is 9.47 Å². The molecule has 4 rings (SSSR count). The van der Waals surface area contributed by atoms with Crippen LogP contribution in [0, 0.1) is 0 Å². The van der Waals surface area contributed by atoms with Crippen molar-refractivity contribution in [1.82, 2.24) is 0 Å². The van der Waals surface area contributed by atoms with Gasteiger partial charge in [-0.05, 0) is 24.3 Å². The van der Waals surface area contributed by atoms with E-state index in [0.717, 1.165) is 5.69 Å². The number of hydrogen-bond acceptors (Lipinski definition) is 5. The van der Waals surface area contributed by atoms with E-state index in [2.05, 4.69) is 5.32 Å². The van der Waals surface area contributed by atoms with Gasteiger partial charge in [0, 0.05) is 12.6 Å². The number of benzene rings is 2. The normalized spacial score (nSPS) is 15.8. The topological polar surface area (TPSA) is 67.9 Å². The van der Waals surface area contributed by atoms with Crippen molar-refractivity contribution in [2.24, 2.45) is 0 Å². The molecular formula is C16H17ClN2O4S. The molecule has 24 heavy (non-hydrogen) atoms. The van der Waals surface area contributed by atoms with Crippen molar-refractivity contribution in [3.63, 3.8) is 0 Å². The molecule has 1 N–H and O–H groups in total. The second-order valence-electron chi connectivity index (χ2n) is 5.33. The highest BCUT2D eigenvalue weighted by Crippen LogP contribution is 2.36. The van der Waals surface area contributed by atoms with Gasteiger partial charge in [-0.3, -0.25) is 4.31 Å². The van der Waals surface area contributed by atoms with Crippen molar-refractivity contribution < 1.29 is 17.9 Å². The number of anilines is 2. The van der Waals surface area contributed by atoms with Crippen LogP contribution in [0.25, 0.3) is 0 Å². The van der Waals surface area contributed by atoms with Crippen molar-refractivity contribution in [3.05, 3.63) is 42.5 Å². The highest BCUT2D eigenvalue weighted by Gasteiger charge is 2.30. The lowest BCUT2D eigenvalue weighted by atomic mass is 10.2. The molecule has 0 radical (unpaired) electrons. The van der Waals surface area contributed by atoms with Crippen molar-refractivity contribution >= 4 is 33.8 Å². The van der Waals surface area contributed by atoms with E-state index in [9.17, 15) is 8.42 Å². The maximum absolute atomic E-state index is 13.0. The molecule has 6 nitrogen and oxygen atoms in total. The molecule has 2 aliphatic rings. The van der Waals surface area contributed by atoms with Crippen molar-refractivity contribution in [2.45, 2.75) is 4.90 Å². The Labute approximate surface area is 146 Å². The molecule has 128 valence electrons. The highest BCUT2D eigenvalue weighted by atomic mass is 35.5. The van der Waals surface area contributed by atoms with E-state index in [1.807, 2.05) is 18.2 Å². The molecule has 0 saturated heterocycles. The Bertz CT molecular complexity index is 857. The van der Waals surface area contributed by atoms with Gasteiger partial charge >= 0.3 is 0 Å². The van der Waals surface area contributed by atoms with Crippen molar-refractivity contribution in [1.29, 1.82) is 0 Å². The molecule has 2 aromatic carbocycles. The van der Waals surface area contributed by atoms with E-state index in [1.54, 1.807) is 18.2 Å². The summed E-state index contributed by atoms with van der Waals surface area (Å²) >= 11 is 0. The number of halogens is 1.